The van der Waals surface area contributed by atoms with Gasteiger partial charge in [0.2, 0.25) is 0 Å². The lowest BCUT2D eigenvalue weighted by Gasteiger charge is -2.41. The number of nitrogens with zero attached hydrogens (tertiary/aromatic N) is 1. The highest BCUT2D eigenvalue weighted by Crippen LogP contribution is 2.50. The van der Waals surface area contributed by atoms with Gasteiger partial charge in [-0.25, -0.2) is 0 Å². The van der Waals surface area contributed by atoms with Crippen LogP contribution in [0, 0.1) is 5.41 Å². The molecular formula is C26H37NO2. The lowest BCUT2D eigenvalue weighted by atomic mass is 9.91. The third kappa shape index (κ3) is 4.74. The van der Waals surface area contributed by atoms with Crippen LogP contribution in [0.25, 0.3) is 0 Å². The van der Waals surface area contributed by atoms with Gasteiger partial charge in [-0.2, -0.15) is 5.06 Å². The van der Waals surface area contributed by atoms with Gasteiger partial charge in [-0.1, -0.05) is 75.4 Å². The number of hydrogen-bond donors (Lipinski definition) is 0. The Morgan fingerprint density at radius 1 is 0.828 bits per heavy atom. The summed E-state index contributed by atoms with van der Waals surface area (Å²) >= 11 is 0. The van der Waals surface area contributed by atoms with Gasteiger partial charge in [0.05, 0.1) is 17.7 Å². The average Bonchev–Trinajstić information content (AvgIpc) is 2.81. The number of fused-ring (bicyclic) bond motifs is 1. The van der Waals surface area contributed by atoms with E-state index in [1.807, 2.05) is 6.07 Å². The molecule has 29 heavy (non-hydrogen) atoms. The summed E-state index contributed by atoms with van der Waals surface area (Å²) in [4.78, 5) is 6.75. The van der Waals surface area contributed by atoms with Crippen molar-refractivity contribution in [3.63, 3.8) is 0 Å². The minimum atomic E-state index is -0.224. The molecule has 3 rings (SSSR count). The van der Waals surface area contributed by atoms with Gasteiger partial charge in [0.25, 0.3) is 0 Å². The molecule has 158 valence electrons. The molecule has 0 saturated carbocycles. The van der Waals surface area contributed by atoms with Crippen LogP contribution in [0.15, 0.2) is 54.6 Å². The van der Waals surface area contributed by atoms with Crippen molar-refractivity contribution in [3.8, 4) is 0 Å². The van der Waals surface area contributed by atoms with E-state index in [9.17, 15) is 0 Å². The van der Waals surface area contributed by atoms with Crippen molar-refractivity contribution in [2.75, 3.05) is 13.2 Å². The minimum absolute atomic E-state index is 0.149. The van der Waals surface area contributed by atoms with Crippen LogP contribution in [0.4, 0.5) is 0 Å². The number of hydrogen-bond acceptors (Lipinski definition) is 3. The summed E-state index contributed by atoms with van der Waals surface area (Å²) in [6.07, 6.45) is 0.879. The molecule has 1 aliphatic rings. The summed E-state index contributed by atoms with van der Waals surface area (Å²) in [5.41, 5.74) is 3.61. The average molecular weight is 396 g/mol. The van der Waals surface area contributed by atoms with Crippen LogP contribution in [-0.2, 0) is 20.7 Å². The second-order valence-corrected chi connectivity index (χ2v) is 10.3. The smallest absolute Gasteiger partial charge is 0.128 e. The van der Waals surface area contributed by atoms with Gasteiger partial charge >= 0.3 is 0 Å². The highest BCUT2D eigenvalue weighted by molar-refractivity contribution is 5.42. The van der Waals surface area contributed by atoms with E-state index in [2.05, 4.69) is 102 Å². The van der Waals surface area contributed by atoms with Crippen LogP contribution in [-0.4, -0.2) is 18.3 Å². The Hall–Kier alpha value is -1.68. The maximum Gasteiger partial charge on any atom is 0.128 e. The molecule has 0 spiro atoms. The Balaban J connectivity index is 1.82. The Morgan fingerprint density at radius 2 is 1.34 bits per heavy atom. The highest BCUT2D eigenvalue weighted by Gasteiger charge is 2.50. The second-order valence-electron chi connectivity index (χ2n) is 10.3. The molecule has 1 unspecified atom stereocenters. The van der Waals surface area contributed by atoms with Crippen LogP contribution < -0.4 is 0 Å². The molecule has 3 heteroatoms. The maximum atomic E-state index is 6.75. The third-order valence-electron chi connectivity index (χ3n) is 5.93. The summed E-state index contributed by atoms with van der Waals surface area (Å²) in [5, 5.41) is 2.18. The molecule has 0 bridgehead atoms. The van der Waals surface area contributed by atoms with E-state index in [1.165, 1.54) is 11.1 Å². The molecule has 0 radical (unpaired) electrons. The fourth-order valence-electron chi connectivity index (χ4n) is 4.28. The lowest BCUT2D eigenvalue weighted by molar-refractivity contribution is -0.297. The normalized spacial score (nSPS) is 19.1. The van der Waals surface area contributed by atoms with Gasteiger partial charge in [-0.15, -0.1) is 0 Å². The highest BCUT2D eigenvalue weighted by atomic mass is 16.7. The Morgan fingerprint density at radius 3 is 1.86 bits per heavy atom. The molecule has 0 amide bonds. The SMILES string of the molecule is CC(C)(C)CCOCC(ON1C(C)(C)c2ccccc2C1(C)C)c1ccccc1. The zero-order valence-electron chi connectivity index (χ0n) is 19.2. The quantitative estimate of drug-likeness (QED) is 0.493. The zero-order valence-corrected chi connectivity index (χ0v) is 19.2. The topological polar surface area (TPSA) is 21.7 Å². The van der Waals surface area contributed by atoms with Crippen molar-refractivity contribution < 1.29 is 9.57 Å². The molecule has 0 aliphatic carbocycles. The number of hydroxylamine groups is 2. The third-order valence-corrected chi connectivity index (χ3v) is 5.93. The fourth-order valence-corrected chi connectivity index (χ4v) is 4.28. The van der Waals surface area contributed by atoms with Gasteiger partial charge in [-0.05, 0) is 56.2 Å². The van der Waals surface area contributed by atoms with E-state index < -0.39 is 0 Å². The Labute approximate surface area is 177 Å². The van der Waals surface area contributed by atoms with Crippen molar-refractivity contribution in [3.05, 3.63) is 71.3 Å². The van der Waals surface area contributed by atoms with Gasteiger partial charge in [0.1, 0.15) is 6.10 Å². The molecule has 0 fully saturated rings. The monoisotopic (exact) mass is 395 g/mol. The fraction of sp³-hybridized carbons (Fsp3) is 0.538. The van der Waals surface area contributed by atoms with Crippen LogP contribution in [0.1, 0.15) is 77.7 Å². The molecule has 0 saturated heterocycles. The van der Waals surface area contributed by atoms with Crippen molar-refractivity contribution >= 4 is 0 Å². The van der Waals surface area contributed by atoms with E-state index in [0.29, 0.717) is 6.61 Å². The van der Waals surface area contributed by atoms with Gasteiger partial charge in [0.15, 0.2) is 0 Å². The number of ether oxygens (including phenoxy) is 1. The van der Waals surface area contributed by atoms with E-state index in [-0.39, 0.29) is 22.6 Å². The van der Waals surface area contributed by atoms with Crippen LogP contribution in [0.3, 0.4) is 0 Å². The Kier molecular flexibility index (Phi) is 6.24. The molecular weight excluding hydrogens is 358 g/mol. The maximum absolute atomic E-state index is 6.75. The molecule has 1 atom stereocenters. The molecule has 2 aromatic carbocycles. The Bertz CT molecular complexity index is 770. The first kappa shape index (κ1) is 22.0. The molecule has 1 heterocycles. The molecule has 0 aromatic heterocycles. The predicted molar refractivity (Wildman–Crippen MR) is 119 cm³/mol. The van der Waals surface area contributed by atoms with E-state index in [0.717, 1.165) is 18.6 Å². The molecule has 1 aliphatic heterocycles. The van der Waals surface area contributed by atoms with Crippen LogP contribution >= 0.6 is 0 Å². The van der Waals surface area contributed by atoms with Crippen molar-refractivity contribution in [1.29, 1.82) is 0 Å². The van der Waals surface area contributed by atoms with E-state index in [1.54, 1.807) is 0 Å². The predicted octanol–water partition coefficient (Wildman–Crippen LogP) is 6.60. The number of benzene rings is 2. The van der Waals surface area contributed by atoms with E-state index >= 15 is 0 Å². The lowest BCUT2D eigenvalue weighted by Crippen LogP contribution is -2.46. The first-order valence-corrected chi connectivity index (χ1v) is 10.7. The van der Waals surface area contributed by atoms with Crippen molar-refractivity contribution in [2.45, 2.75) is 72.1 Å². The zero-order chi connectivity index (χ0) is 21.3. The standard InChI is InChI=1S/C26H37NO2/c1-24(2,3)17-18-28-19-23(20-13-9-8-10-14-20)29-27-25(4,5)21-15-11-12-16-22(21)26(27,6)7/h8-16,23H,17-19H2,1-7H3. The summed E-state index contributed by atoms with van der Waals surface area (Å²) in [5.74, 6) is 0. The molecule has 3 nitrogen and oxygen atoms in total. The van der Waals surface area contributed by atoms with Crippen molar-refractivity contribution in [1.82, 2.24) is 5.06 Å². The van der Waals surface area contributed by atoms with Gasteiger partial charge < -0.3 is 4.74 Å². The van der Waals surface area contributed by atoms with Gasteiger partial charge in [-0.3, -0.25) is 4.84 Å². The summed E-state index contributed by atoms with van der Waals surface area (Å²) in [6, 6.07) is 19.1. The van der Waals surface area contributed by atoms with Crippen LogP contribution in [0.5, 0.6) is 0 Å². The van der Waals surface area contributed by atoms with Crippen molar-refractivity contribution in [2.24, 2.45) is 5.41 Å². The summed E-state index contributed by atoms with van der Waals surface area (Å²) < 4.78 is 6.10. The molecule has 2 aromatic rings. The minimum Gasteiger partial charge on any atom is -0.378 e. The number of rotatable bonds is 7. The summed E-state index contributed by atoms with van der Waals surface area (Å²) in [7, 11) is 0. The van der Waals surface area contributed by atoms with E-state index in [4.69, 9.17) is 9.57 Å². The largest absolute Gasteiger partial charge is 0.378 e. The first-order chi connectivity index (χ1) is 13.5. The molecule has 0 N–H and O–H groups in total. The van der Waals surface area contributed by atoms with Gasteiger partial charge in [0, 0.05) is 6.61 Å². The van der Waals surface area contributed by atoms with Crippen LogP contribution in [0.2, 0.25) is 0 Å². The first-order valence-electron chi connectivity index (χ1n) is 10.7. The second kappa shape index (κ2) is 8.22. The summed E-state index contributed by atoms with van der Waals surface area (Å²) in [6.45, 7) is 17.0.